The molecule has 0 radical (unpaired) electrons. The van der Waals surface area contributed by atoms with Crippen LogP contribution in [0.25, 0.3) is 11.0 Å². The second-order valence-corrected chi connectivity index (χ2v) is 3.92. The van der Waals surface area contributed by atoms with Gasteiger partial charge in [0.05, 0.1) is 0 Å². The molecule has 1 N–H and O–H groups in total. The third kappa shape index (κ3) is 3.02. The number of hydrogen-bond donors (Lipinski definition) is 1. The number of nitrogens with one attached hydrogen (secondary N) is 1. The Hall–Kier alpha value is -2.54. The van der Waals surface area contributed by atoms with Gasteiger partial charge in [-0.05, 0) is 19.1 Å². The van der Waals surface area contributed by atoms with Crippen molar-refractivity contribution >= 4 is 16.9 Å². The summed E-state index contributed by atoms with van der Waals surface area (Å²) < 4.78 is 5.10. The SMILES string of the molecule is CC#CCCNC(=O)c1cc2ccccc2oc1=O. The monoisotopic (exact) mass is 255 g/mol. The van der Waals surface area contributed by atoms with Gasteiger partial charge in [0.2, 0.25) is 0 Å². The van der Waals surface area contributed by atoms with E-state index in [-0.39, 0.29) is 5.56 Å². The molecule has 96 valence electrons. The minimum absolute atomic E-state index is 0.0168. The van der Waals surface area contributed by atoms with Crippen molar-refractivity contribution in [3.05, 3.63) is 46.3 Å². The van der Waals surface area contributed by atoms with Crippen LogP contribution in [0.1, 0.15) is 23.7 Å². The van der Waals surface area contributed by atoms with Crippen LogP contribution in [0.5, 0.6) is 0 Å². The summed E-state index contributed by atoms with van der Waals surface area (Å²) in [7, 11) is 0. The Morgan fingerprint density at radius 1 is 1.37 bits per heavy atom. The van der Waals surface area contributed by atoms with Crippen molar-refractivity contribution in [3.8, 4) is 11.8 Å². The summed E-state index contributed by atoms with van der Waals surface area (Å²) in [6.07, 6.45) is 0.557. The first-order chi connectivity index (χ1) is 9.22. The van der Waals surface area contributed by atoms with Gasteiger partial charge in [0, 0.05) is 18.4 Å². The van der Waals surface area contributed by atoms with Gasteiger partial charge in [0.1, 0.15) is 11.1 Å². The van der Waals surface area contributed by atoms with Gasteiger partial charge in [-0.1, -0.05) is 18.2 Å². The highest BCUT2D eigenvalue weighted by Crippen LogP contribution is 2.12. The average molecular weight is 255 g/mol. The first-order valence-corrected chi connectivity index (χ1v) is 5.93. The molecule has 1 aromatic carbocycles. The van der Waals surface area contributed by atoms with Crippen LogP contribution in [0.15, 0.2) is 39.5 Å². The van der Waals surface area contributed by atoms with Crippen molar-refractivity contribution in [2.24, 2.45) is 0 Å². The van der Waals surface area contributed by atoms with Crippen LogP contribution in [0.2, 0.25) is 0 Å². The molecular formula is C15H13NO3. The fraction of sp³-hybridized carbons (Fsp3) is 0.200. The zero-order valence-corrected chi connectivity index (χ0v) is 10.5. The number of benzene rings is 1. The van der Waals surface area contributed by atoms with E-state index >= 15 is 0 Å². The molecule has 4 nitrogen and oxygen atoms in total. The molecule has 0 fully saturated rings. The second kappa shape index (κ2) is 5.87. The minimum Gasteiger partial charge on any atom is -0.422 e. The molecule has 2 rings (SSSR count). The van der Waals surface area contributed by atoms with E-state index in [9.17, 15) is 9.59 Å². The van der Waals surface area contributed by atoms with E-state index in [0.717, 1.165) is 5.39 Å². The van der Waals surface area contributed by atoms with Gasteiger partial charge in [-0.2, -0.15) is 0 Å². The highest BCUT2D eigenvalue weighted by atomic mass is 16.4. The van der Waals surface area contributed by atoms with E-state index in [1.807, 2.05) is 6.07 Å². The lowest BCUT2D eigenvalue weighted by Crippen LogP contribution is -2.28. The topological polar surface area (TPSA) is 59.3 Å². The summed E-state index contributed by atoms with van der Waals surface area (Å²) in [6.45, 7) is 2.14. The molecule has 4 heteroatoms. The molecular weight excluding hydrogens is 242 g/mol. The Labute approximate surface area is 110 Å². The fourth-order valence-electron chi connectivity index (χ4n) is 1.68. The van der Waals surface area contributed by atoms with E-state index < -0.39 is 11.5 Å². The number of carbonyl (C=O) groups is 1. The minimum atomic E-state index is -0.627. The fourth-order valence-corrected chi connectivity index (χ4v) is 1.68. The Balaban J connectivity index is 2.23. The molecule has 1 aromatic heterocycles. The zero-order chi connectivity index (χ0) is 13.7. The van der Waals surface area contributed by atoms with Crippen molar-refractivity contribution in [3.63, 3.8) is 0 Å². The summed E-state index contributed by atoms with van der Waals surface area (Å²) in [5.74, 6) is 5.14. The quantitative estimate of drug-likeness (QED) is 0.518. The maximum Gasteiger partial charge on any atom is 0.349 e. The first kappa shape index (κ1) is 12.9. The normalized spacial score (nSPS) is 9.74. The first-order valence-electron chi connectivity index (χ1n) is 5.93. The molecule has 0 bridgehead atoms. The summed E-state index contributed by atoms with van der Waals surface area (Å²) in [5.41, 5.74) is -0.137. The predicted octanol–water partition coefficient (Wildman–Crippen LogP) is 1.94. The molecule has 0 unspecified atom stereocenters. The van der Waals surface area contributed by atoms with Crippen LogP contribution in [-0.2, 0) is 0 Å². The van der Waals surface area contributed by atoms with Gasteiger partial charge in [-0.15, -0.1) is 11.8 Å². The highest BCUT2D eigenvalue weighted by Gasteiger charge is 2.12. The van der Waals surface area contributed by atoms with Crippen LogP contribution in [0, 0.1) is 11.8 Å². The van der Waals surface area contributed by atoms with E-state index in [4.69, 9.17) is 4.42 Å². The maximum absolute atomic E-state index is 11.9. The van der Waals surface area contributed by atoms with Crippen LogP contribution in [0.3, 0.4) is 0 Å². The number of fused-ring (bicyclic) bond motifs is 1. The molecule has 0 saturated heterocycles. The molecule has 0 aliphatic heterocycles. The molecule has 0 aliphatic carbocycles. The summed E-state index contributed by atoms with van der Waals surface area (Å²) in [5, 5.41) is 3.36. The second-order valence-electron chi connectivity index (χ2n) is 3.92. The number of hydrogen-bond acceptors (Lipinski definition) is 3. The number of amides is 1. The lowest BCUT2D eigenvalue weighted by atomic mass is 10.2. The summed E-state index contributed by atoms with van der Waals surface area (Å²) in [6, 6.07) is 8.62. The van der Waals surface area contributed by atoms with Crippen molar-refractivity contribution in [2.45, 2.75) is 13.3 Å². The number of carbonyl (C=O) groups excluding carboxylic acids is 1. The summed E-state index contributed by atoms with van der Waals surface area (Å²) in [4.78, 5) is 23.6. The smallest absolute Gasteiger partial charge is 0.349 e. The largest absolute Gasteiger partial charge is 0.422 e. The van der Waals surface area contributed by atoms with Crippen LogP contribution < -0.4 is 10.9 Å². The maximum atomic E-state index is 11.9. The van der Waals surface area contributed by atoms with Gasteiger partial charge in [-0.25, -0.2) is 4.79 Å². The highest BCUT2D eigenvalue weighted by molar-refractivity contribution is 5.96. The van der Waals surface area contributed by atoms with Gasteiger partial charge >= 0.3 is 5.63 Å². The van der Waals surface area contributed by atoms with Crippen LogP contribution >= 0.6 is 0 Å². The van der Waals surface area contributed by atoms with Gasteiger partial charge in [-0.3, -0.25) is 4.79 Å². The Bertz CT molecular complexity index is 719. The van der Waals surface area contributed by atoms with Crippen molar-refractivity contribution in [1.82, 2.24) is 5.32 Å². The summed E-state index contributed by atoms with van der Waals surface area (Å²) >= 11 is 0. The average Bonchev–Trinajstić information content (AvgIpc) is 2.42. The number of rotatable bonds is 3. The van der Waals surface area contributed by atoms with Crippen molar-refractivity contribution in [2.75, 3.05) is 6.54 Å². The van der Waals surface area contributed by atoms with E-state index in [2.05, 4.69) is 17.2 Å². The van der Waals surface area contributed by atoms with Crippen LogP contribution in [0.4, 0.5) is 0 Å². The zero-order valence-electron chi connectivity index (χ0n) is 10.5. The lowest BCUT2D eigenvalue weighted by Gasteiger charge is -2.03. The standard InChI is InChI=1S/C15H13NO3/c1-2-3-6-9-16-14(17)12-10-11-7-4-5-8-13(11)19-15(12)18/h4-5,7-8,10H,6,9H2,1H3,(H,16,17). The third-order valence-electron chi connectivity index (χ3n) is 2.60. The van der Waals surface area contributed by atoms with E-state index in [0.29, 0.717) is 18.5 Å². The molecule has 2 aromatic rings. The van der Waals surface area contributed by atoms with Crippen molar-refractivity contribution in [1.29, 1.82) is 0 Å². The Kier molecular flexibility index (Phi) is 3.99. The van der Waals surface area contributed by atoms with Gasteiger partial charge < -0.3 is 9.73 Å². The molecule has 19 heavy (non-hydrogen) atoms. The molecule has 0 saturated carbocycles. The van der Waals surface area contributed by atoms with E-state index in [1.165, 1.54) is 0 Å². The van der Waals surface area contributed by atoms with Crippen LogP contribution in [-0.4, -0.2) is 12.5 Å². The molecule has 0 atom stereocenters. The van der Waals surface area contributed by atoms with Gasteiger partial charge in [0.25, 0.3) is 5.91 Å². The van der Waals surface area contributed by atoms with Crippen molar-refractivity contribution < 1.29 is 9.21 Å². The number of para-hydroxylation sites is 1. The Morgan fingerprint density at radius 3 is 2.95 bits per heavy atom. The predicted molar refractivity (Wildman–Crippen MR) is 72.9 cm³/mol. The third-order valence-corrected chi connectivity index (χ3v) is 2.60. The Morgan fingerprint density at radius 2 is 2.16 bits per heavy atom. The molecule has 0 spiro atoms. The molecule has 1 heterocycles. The molecule has 0 aliphatic rings. The van der Waals surface area contributed by atoms with E-state index in [1.54, 1.807) is 31.2 Å². The lowest BCUT2D eigenvalue weighted by molar-refractivity contribution is 0.0951. The van der Waals surface area contributed by atoms with Gasteiger partial charge in [0.15, 0.2) is 0 Å². The molecule has 1 amide bonds.